The van der Waals surface area contributed by atoms with E-state index in [1.807, 2.05) is 49.4 Å². The molecular weight excluding hydrogens is 468 g/mol. The number of carbonyl (C=O) groups is 3. The number of imidazole rings is 1. The highest BCUT2D eigenvalue weighted by Crippen LogP contribution is 2.26. The molecule has 2 amide bonds. The molecule has 0 fully saturated rings. The number of carbonyl (C=O) groups excluding carboxylic acids is 2. The zero-order valence-corrected chi connectivity index (χ0v) is 20.7. The van der Waals surface area contributed by atoms with Gasteiger partial charge in [0.1, 0.15) is 24.5 Å². The van der Waals surface area contributed by atoms with Gasteiger partial charge in [-0.05, 0) is 45.0 Å². The first-order chi connectivity index (χ1) is 17.0. The third kappa shape index (κ3) is 7.52. The molecule has 1 aromatic carbocycles. The van der Waals surface area contributed by atoms with E-state index in [0.29, 0.717) is 17.0 Å². The lowest BCUT2D eigenvalue weighted by atomic mass is 10.1. The number of aromatic nitrogens is 2. The van der Waals surface area contributed by atoms with Gasteiger partial charge in [-0.3, -0.25) is 14.1 Å². The number of anilines is 2. The summed E-state index contributed by atoms with van der Waals surface area (Å²) < 4.78 is 17.4. The van der Waals surface area contributed by atoms with E-state index in [0.717, 1.165) is 11.3 Å². The molecule has 0 aliphatic carbocycles. The quantitative estimate of drug-likeness (QED) is 0.407. The second kappa shape index (κ2) is 11.6. The van der Waals surface area contributed by atoms with E-state index >= 15 is 0 Å². The number of ether oxygens (including phenoxy) is 3. The molecule has 2 aromatic heterocycles. The fourth-order valence-corrected chi connectivity index (χ4v) is 3.21. The third-order valence-electron chi connectivity index (χ3n) is 4.82. The number of fused-ring (bicyclic) bond motifs is 1. The summed E-state index contributed by atoms with van der Waals surface area (Å²) >= 11 is 0. The number of carboxylic acid groups (broad SMARTS) is 1. The molecule has 11 nitrogen and oxygen atoms in total. The second-order valence-corrected chi connectivity index (χ2v) is 8.93. The Bertz CT molecular complexity index is 1230. The lowest BCUT2D eigenvalue weighted by Gasteiger charge is -2.24. The fourth-order valence-electron chi connectivity index (χ4n) is 3.21. The average Bonchev–Trinajstić information content (AvgIpc) is 3.23. The van der Waals surface area contributed by atoms with Crippen molar-refractivity contribution >= 4 is 35.0 Å². The van der Waals surface area contributed by atoms with Crippen molar-refractivity contribution in [2.75, 3.05) is 43.7 Å². The van der Waals surface area contributed by atoms with Crippen LogP contribution in [0.5, 0.6) is 0 Å². The monoisotopic (exact) mass is 498 g/mol. The Hall–Kier alpha value is -3.96. The molecule has 0 radical (unpaired) electrons. The van der Waals surface area contributed by atoms with Crippen LogP contribution in [0.15, 0.2) is 48.8 Å². The largest absolute Gasteiger partial charge is 0.480 e. The van der Waals surface area contributed by atoms with Crippen LogP contribution in [0.1, 0.15) is 20.8 Å². The minimum atomic E-state index is -1.06. The Morgan fingerprint density at radius 2 is 1.81 bits per heavy atom. The molecular formula is C25H30N4O7. The molecule has 0 atom stereocenters. The van der Waals surface area contributed by atoms with Gasteiger partial charge in [-0.1, -0.05) is 12.1 Å². The Morgan fingerprint density at radius 1 is 1.08 bits per heavy atom. The molecule has 2 N–H and O–H groups in total. The Kier molecular flexibility index (Phi) is 8.62. The topological polar surface area (TPSA) is 132 Å². The summed E-state index contributed by atoms with van der Waals surface area (Å²) in [5, 5.41) is 11.3. The van der Waals surface area contributed by atoms with Crippen molar-refractivity contribution in [2.24, 2.45) is 0 Å². The first kappa shape index (κ1) is 26.6. The van der Waals surface area contributed by atoms with Crippen LogP contribution in [-0.2, 0) is 23.8 Å². The lowest BCUT2D eigenvalue weighted by molar-refractivity contribution is -0.143. The van der Waals surface area contributed by atoms with Crippen LogP contribution < -0.4 is 10.2 Å². The predicted molar refractivity (Wildman–Crippen MR) is 133 cm³/mol. The normalized spacial score (nSPS) is 11.3. The smallest absolute Gasteiger partial charge is 0.414 e. The summed E-state index contributed by atoms with van der Waals surface area (Å²) in [7, 11) is 1.64. The number of aliphatic carboxylic acids is 1. The number of benzene rings is 1. The minimum Gasteiger partial charge on any atom is -0.480 e. The minimum absolute atomic E-state index is 0.0778. The van der Waals surface area contributed by atoms with Gasteiger partial charge >= 0.3 is 12.1 Å². The lowest BCUT2D eigenvalue weighted by Crippen LogP contribution is -2.34. The molecule has 192 valence electrons. The van der Waals surface area contributed by atoms with E-state index in [9.17, 15) is 14.4 Å². The molecule has 3 aromatic rings. The first-order valence-electron chi connectivity index (χ1n) is 11.2. The van der Waals surface area contributed by atoms with E-state index in [-0.39, 0.29) is 25.7 Å². The zero-order chi connectivity index (χ0) is 26.3. The molecule has 3 rings (SSSR count). The standard InChI is InChI=1S/C25H30N4O7/c1-25(2,3)36-24(33)28(4)19-8-9-21-26-13-20(29(21)14-19)17-6-5-7-18(12-17)27-22(30)15-34-10-11-35-16-23(31)32/h5-9,12-14H,10-11,15-16H2,1-4H3,(H,27,30)(H,31,32). The Balaban J connectivity index is 1.68. The van der Waals surface area contributed by atoms with E-state index in [1.54, 1.807) is 31.6 Å². The molecule has 0 bridgehead atoms. The van der Waals surface area contributed by atoms with Gasteiger partial charge < -0.3 is 24.6 Å². The second-order valence-electron chi connectivity index (χ2n) is 8.93. The van der Waals surface area contributed by atoms with Crippen molar-refractivity contribution in [1.29, 1.82) is 0 Å². The van der Waals surface area contributed by atoms with Crippen molar-refractivity contribution in [2.45, 2.75) is 26.4 Å². The van der Waals surface area contributed by atoms with Crippen molar-refractivity contribution < 1.29 is 33.7 Å². The van der Waals surface area contributed by atoms with Crippen LogP contribution in [0, 0.1) is 0 Å². The SMILES string of the molecule is CN(C(=O)OC(C)(C)C)c1ccc2ncc(-c3cccc(NC(=O)COCCOCC(=O)O)c3)n2c1. The van der Waals surface area contributed by atoms with Crippen molar-refractivity contribution in [1.82, 2.24) is 9.38 Å². The number of carboxylic acids is 1. The number of nitrogens with zero attached hydrogens (tertiary/aromatic N) is 3. The molecule has 0 spiro atoms. The highest BCUT2D eigenvalue weighted by molar-refractivity contribution is 5.92. The molecule has 2 heterocycles. The van der Waals surface area contributed by atoms with Gasteiger partial charge in [0.05, 0.1) is 30.8 Å². The number of hydrogen-bond acceptors (Lipinski definition) is 7. The van der Waals surface area contributed by atoms with Gasteiger partial charge in [0.25, 0.3) is 0 Å². The molecule has 36 heavy (non-hydrogen) atoms. The van der Waals surface area contributed by atoms with Gasteiger partial charge in [-0.15, -0.1) is 0 Å². The summed E-state index contributed by atoms with van der Waals surface area (Å²) in [5.41, 5.74) is 2.86. The van der Waals surface area contributed by atoms with Crippen molar-refractivity contribution in [3.63, 3.8) is 0 Å². The number of pyridine rings is 1. The number of rotatable bonds is 10. The summed E-state index contributed by atoms with van der Waals surface area (Å²) in [6.07, 6.45) is 3.05. The van der Waals surface area contributed by atoms with E-state index < -0.39 is 24.3 Å². The van der Waals surface area contributed by atoms with Crippen molar-refractivity contribution in [3.8, 4) is 11.3 Å². The Labute approximate surface area is 208 Å². The number of nitrogens with one attached hydrogen (secondary N) is 1. The summed E-state index contributed by atoms with van der Waals surface area (Å²) in [4.78, 5) is 41.0. The number of amides is 2. The van der Waals surface area contributed by atoms with E-state index in [1.165, 1.54) is 4.90 Å². The van der Waals surface area contributed by atoms with Crippen molar-refractivity contribution in [3.05, 3.63) is 48.8 Å². The van der Waals surface area contributed by atoms with E-state index in [2.05, 4.69) is 10.3 Å². The third-order valence-corrected chi connectivity index (χ3v) is 4.82. The zero-order valence-electron chi connectivity index (χ0n) is 20.7. The summed E-state index contributed by atoms with van der Waals surface area (Å²) in [6.45, 7) is 5.00. The van der Waals surface area contributed by atoms with Crippen LogP contribution in [0.4, 0.5) is 16.2 Å². The summed E-state index contributed by atoms with van der Waals surface area (Å²) in [6, 6.07) is 10.9. The van der Waals surface area contributed by atoms with E-state index in [4.69, 9.17) is 19.3 Å². The molecule has 0 unspecified atom stereocenters. The molecule has 0 aliphatic heterocycles. The maximum Gasteiger partial charge on any atom is 0.414 e. The first-order valence-corrected chi connectivity index (χ1v) is 11.2. The fraction of sp³-hybridized carbons (Fsp3) is 0.360. The predicted octanol–water partition coefficient (Wildman–Crippen LogP) is 3.43. The molecule has 0 saturated carbocycles. The maximum absolute atomic E-state index is 12.5. The Morgan fingerprint density at radius 3 is 2.50 bits per heavy atom. The average molecular weight is 499 g/mol. The summed E-state index contributed by atoms with van der Waals surface area (Å²) in [5.74, 6) is -1.42. The highest BCUT2D eigenvalue weighted by atomic mass is 16.6. The van der Waals surface area contributed by atoms with Gasteiger partial charge in [-0.25, -0.2) is 14.6 Å². The van der Waals surface area contributed by atoms with Crippen LogP contribution >= 0.6 is 0 Å². The maximum atomic E-state index is 12.5. The van der Waals surface area contributed by atoms with Gasteiger partial charge in [-0.2, -0.15) is 0 Å². The van der Waals surface area contributed by atoms with Gasteiger partial charge in [0.2, 0.25) is 5.91 Å². The van der Waals surface area contributed by atoms with Crippen LogP contribution in [-0.4, -0.2) is 71.5 Å². The highest BCUT2D eigenvalue weighted by Gasteiger charge is 2.21. The number of hydrogen-bond donors (Lipinski definition) is 2. The van der Waals surface area contributed by atoms with Gasteiger partial charge in [0, 0.05) is 24.5 Å². The van der Waals surface area contributed by atoms with Crippen LogP contribution in [0.3, 0.4) is 0 Å². The molecule has 11 heteroatoms. The van der Waals surface area contributed by atoms with Gasteiger partial charge in [0.15, 0.2) is 0 Å². The van der Waals surface area contributed by atoms with Crippen LogP contribution in [0.2, 0.25) is 0 Å². The molecule has 0 aliphatic rings. The van der Waals surface area contributed by atoms with Crippen LogP contribution in [0.25, 0.3) is 16.9 Å². The molecule has 0 saturated heterocycles.